The Kier molecular flexibility index (Phi) is 5.74. The highest BCUT2D eigenvalue weighted by Gasteiger charge is 2.21. The first kappa shape index (κ1) is 23.9. The van der Waals surface area contributed by atoms with Crippen LogP contribution in [-0.2, 0) is 12.0 Å². The van der Waals surface area contributed by atoms with Crippen molar-refractivity contribution in [3.8, 4) is 17.4 Å². The Morgan fingerprint density at radius 3 is 2.61 bits per heavy atom. The van der Waals surface area contributed by atoms with Crippen molar-refractivity contribution in [2.75, 3.05) is 0 Å². The first-order chi connectivity index (χ1) is 17.1. The van der Waals surface area contributed by atoms with E-state index in [1.807, 2.05) is 20.8 Å². The third-order valence-corrected chi connectivity index (χ3v) is 6.66. The van der Waals surface area contributed by atoms with E-state index >= 15 is 4.39 Å². The van der Waals surface area contributed by atoms with Crippen molar-refractivity contribution in [3.05, 3.63) is 92.3 Å². The molecule has 0 spiro atoms. The van der Waals surface area contributed by atoms with Crippen molar-refractivity contribution >= 4 is 37.7 Å². The predicted molar refractivity (Wildman–Crippen MR) is 139 cm³/mol. The maximum atomic E-state index is 15.2. The van der Waals surface area contributed by atoms with Crippen LogP contribution in [0.25, 0.3) is 33.2 Å². The molecule has 9 heteroatoms. The predicted octanol–water partition coefficient (Wildman–Crippen LogP) is 5.29. The number of nitriles is 1. The topological polar surface area (TPSA) is 96.7 Å². The van der Waals surface area contributed by atoms with E-state index in [1.165, 1.54) is 12.3 Å². The number of nitrogens with zero attached hydrogens (tertiary/aromatic N) is 5. The van der Waals surface area contributed by atoms with Crippen molar-refractivity contribution in [1.82, 2.24) is 19.3 Å². The van der Waals surface area contributed by atoms with E-state index in [0.717, 1.165) is 10.2 Å². The summed E-state index contributed by atoms with van der Waals surface area (Å²) in [6.45, 7) is 5.48. The smallest absolute Gasteiger partial charge is 0.282 e. The van der Waals surface area contributed by atoms with Gasteiger partial charge in [0.1, 0.15) is 22.1 Å². The molecule has 0 aliphatic rings. The van der Waals surface area contributed by atoms with E-state index in [9.17, 15) is 15.2 Å². The van der Waals surface area contributed by atoms with Crippen molar-refractivity contribution < 1.29 is 9.50 Å². The van der Waals surface area contributed by atoms with Gasteiger partial charge in [-0.1, -0.05) is 26.8 Å². The highest BCUT2D eigenvalue weighted by molar-refractivity contribution is 9.10. The summed E-state index contributed by atoms with van der Waals surface area (Å²) in [4.78, 5) is 18.0. The van der Waals surface area contributed by atoms with Gasteiger partial charge in [0.25, 0.3) is 5.56 Å². The molecule has 0 atom stereocenters. The average Bonchev–Trinajstić information content (AvgIpc) is 3.20. The van der Waals surface area contributed by atoms with Crippen LogP contribution < -0.4 is 5.56 Å². The van der Waals surface area contributed by atoms with Gasteiger partial charge in [0, 0.05) is 22.5 Å². The molecule has 0 saturated heterocycles. The molecular formula is C27H21BrFN5O2. The quantitative estimate of drug-likeness (QED) is 0.311. The second-order valence-electron chi connectivity index (χ2n) is 9.50. The van der Waals surface area contributed by atoms with Crippen LogP contribution in [0.1, 0.15) is 37.5 Å². The molecule has 3 heterocycles. The number of aromatic nitrogens is 4. The van der Waals surface area contributed by atoms with Crippen molar-refractivity contribution in [1.29, 1.82) is 5.26 Å². The maximum Gasteiger partial charge on any atom is 0.282 e. The van der Waals surface area contributed by atoms with Gasteiger partial charge in [-0.25, -0.2) is 9.37 Å². The van der Waals surface area contributed by atoms with E-state index in [-0.39, 0.29) is 10.8 Å². The number of rotatable bonds is 3. The van der Waals surface area contributed by atoms with Crippen LogP contribution in [0.3, 0.4) is 0 Å². The SMILES string of the molecule is CC(C)(C)c1cc(F)c2c(=O)n(-c3cccc(-n4cc(C#N)c5ccc(Br)nc54)c3CO)ncc2c1. The number of hydrogen-bond acceptors (Lipinski definition) is 5. The number of aliphatic hydroxyl groups excluding tert-OH is 1. The lowest BCUT2D eigenvalue weighted by Gasteiger charge is -2.20. The summed E-state index contributed by atoms with van der Waals surface area (Å²) >= 11 is 3.37. The van der Waals surface area contributed by atoms with Gasteiger partial charge in [0.05, 0.1) is 35.1 Å². The molecular weight excluding hydrogens is 525 g/mol. The summed E-state index contributed by atoms with van der Waals surface area (Å²) in [6.07, 6.45) is 3.09. The molecule has 0 unspecified atom stereocenters. The molecule has 5 rings (SSSR count). The first-order valence-electron chi connectivity index (χ1n) is 11.2. The zero-order valence-electron chi connectivity index (χ0n) is 19.8. The van der Waals surface area contributed by atoms with Gasteiger partial charge in [-0.15, -0.1) is 0 Å². The molecule has 0 radical (unpaired) electrons. The number of aliphatic hydroxyl groups is 1. The number of halogens is 2. The van der Waals surface area contributed by atoms with Gasteiger partial charge >= 0.3 is 0 Å². The van der Waals surface area contributed by atoms with Crippen molar-refractivity contribution in [2.24, 2.45) is 0 Å². The van der Waals surface area contributed by atoms with Gasteiger partial charge in [0.15, 0.2) is 0 Å². The fourth-order valence-corrected chi connectivity index (χ4v) is 4.64. The van der Waals surface area contributed by atoms with E-state index in [4.69, 9.17) is 0 Å². The van der Waals surface area contributed by atoms with Crippen LogP contribution in [0.15, 0.2) is 64.3 Å². The van der Waals surface area contributed by atoms with Gasteiger partial charge in [-0.05, 0) is 63.3 Å². The van der Waals surface area contributed by atoms with E-state index in [2.05, 4.69) is 32.1 Å². The monoisotopic (exact) mass is 545 g/mol. The zero-order valence-corrected chi connectivity index (χ0v) is 21.3. The first-order valence-corrected chi connectivity index (χ1v) is 12.0. The van der Waals surface area contributed by atoms with Crippen LogP contribution in [0.2, 0.25) is 0 Å². The molecule has 0 amide bonds. The molecule has 0 aliphatic carbocycles. The molecule has 180 valence electrons. The van der Waals surface area contributed by atoms with Gasteiger partial charge < -0.3 is 5.11 Å². The zero-order chi connectivity index (χ0) is 25.8. The molecule has 0 aliphatic heterocycles. The highest BCUT2D eigenvalue weighted by atomic mass is 79.9. The lowest BCUT2D eigenvalue weighted by molar-refractivity contribution is 0.281. The Morgan fingerprint density at radius 2 is 1.92 bits per heavy atom. The molecule has 5 aromatic rings. The van der Waals surface area contributed by atoms with Gasteiger partial charge in [-0.2, -0.15) is 15.0 Å². The number of hydrogen-bond donors (Lipinski definition) is 1. The van der Waals surface area contributed by atoms with Crippen LogP contribution in [-0.4, -0.2) is 24.4 Å². The van der Waals surface area contributed by atoms with Gasteiger partial charge in [-0.3, -0.25) is 9.36 Å². The lowest BCUT2D eigenvalue weighted by Crippen LogP contribution is -2.24. The number of fused-ring (bicyclic) bond motifs is 2. The summed E-state index contributed by atoms with van der Waals surface area (Å²) in [5, 5.41) is 25.3. The Balaban J connectivity index is 1.77. The highest BCUT2D eigenvalue weighted by Crippen LogP contribution is 2.30. The van der Waals surface area contributed by atoms with Crippen molar-refractivity contribution in [2.45, 2.75) is 32.8 Å². The molecule has 36 heavy (non-hydrogen) atoms. The molecule has 0 saturated carbocycles. The molecule has 1 N–H and O–H groups in total. The maximum absolute atomic E-state index is 15.2. The Labute approximate surface area is 214 Å². The van der Waals surface area contributed by atoms with E-state index in [0.29, 0.717) is 43.5 Å². The van der Waals surface area contributed by atoms with Crippen LogP contribution in [0.5, 0.6) is 0 Å². The summed E-state index contributed by atoms with van der Waals surface area (Å²) in [7, 11) is 0. The Hall–Kier alpha value is -3.87. The Bertz CT molecular complexity index is 1780. The number of benzene rings is 2. The van der Waals surface area contributed by atoms with Crippen LogP contribution in [0, 0.1) is 17.1 Å². The third-order valence-electron chi connectivity index (χ3n) is 6.22. The van der Waals surface area contributed by atoms with Crippen LogP contribution >= 0.6 is 15.9 Å². The minimum Gasteiger partial charge on any atom is -0.392 e. The molecule has 7 nitrogen and oxygen atoms in total. The van der Waals surface area contributed by atoms with E-state index < -0.39 is 18.0 Å². The van der Waals surface area contributed by atoms with Gasteiger partial charge in [0.2, 0.25) is 0 Å². The third kappa shape index (κ3) is 3.79. The summed E-state index contributed by atoms with van der Waals surface area (Å²) < 4.78 is 18.5. The van der Waals surface area contributed by atoms with E-state index in [1.54, 1.807) is 47.2 Å². The summed E-state index contributed by atoms with van der Waals surface area (Å²) in [6, 6.07) is 14.0. The second-order valence-corrected chi connectivity index (χ2v) is 10.3. The largest absolute Gasteiger partial charge is 0.392 e. The minimum absolute atomic E-state index is 0.0731. The standard InChI is InChI=1S/C27H21BrFN5O2/c1-27(2,3)17-9-15-12-31-34(26(36)24(15)20(29)10-17)22-6-4-5-21(19(22)14-35)33-13-16(11-30)18-7-8-23(28)32-25(18)33/h4-10,12-13,35H,14H2,1-3H3. The molecule has 0 fully saturated rings. The fraction of sp³-hybridized carbons (Fsp3) is 0.185. The summed E-state index contributed by atoms with van der Waals surface area (Å²) in [5.74, 6) is -0.621. The fourth-order valence-electron chi connectivity index (χ4n) is 4.34. The minimum atomic E-state index is -0.631. The summed E-state index contributed by atoms with van der Waals surface area (Å²) in [5.41, 5.74) is 1.95. The normalized spacial score (nSPS) is 11.8. The molecule has 0 bridgehead atoms. The second kappa shape index (κ2) is 8.66. The number of pyridine rings is 1. The molecule has 3 aromatic heterocycles. The Morgan fingerprint density at radius 1 is 1.17 bits per heavy atom. The molecule has 2 aromatic carbocycles. The average molecular weight is 546 g/mol. The van der Waals surface area contributed by atoms with Crippen molar-refractivity contribution in [3.63, 3.8) is 0 Å². The lowest BCUT2D eigenvalue weighted by atomic mass is 9.86. The van der Waals surface area contributed by atoms with Crippen LogP contribution in [0.4, 0.5) is 4.39 Å².